The molecular formula is C12H12ClN3O3S. The van der Waals surface area contributed by atoms with Crippen LogP contribution >= 0.6 is 22.9 Å². The molecule has 1 amide bonds. The lowest BCUT2D eigenvalue weighted by atomic mass is 10.2. The highest BCUT2D eigenvalue weighted by Gasteiger charge is 2.15. The van der Waals surface area contributed by atoms with Gasteiger partial charge in [-0.15, -0.1) is 11.3 Å². The number of carbonyl (C=O) groups excluding carboxylic acids is 1. The van der Waals surface area contributed by atoms with Crippen molar-refractivity contribution >= 4 is 39.7 Å². The summed E-state index contributed by atoms with van der Waals surface area (Å²) in [6.07, 6.45) is 0. The average Bonchev–Trinajstić information content (AvgIpc) is 2.87. The van der Waals surface area contributed by atoms with Gasteiger partial charge in [-0.25, -0.2) is 4.98 Å². The number of nitrogens with one attached hydrogen (secondary N) is 1. The molecule has 6 nitrogen and oxygen atoms in total. The number of thiazole rings is 1. The number of amides is 1. The van der Waals surface area contributed by atoms with E-state index >= 15 is 0 Å². The number of methoxy groups -OCH3 is 2. The molecule has 2 rings (SSSR count). The Bertz CT molecular complexity index is 645. The van der Waals surface area contributed by atoms with Crippen molar-refractivity contribution in [3.05, 3.63) is 28.2 Å². The molecule has 0 aliphatic rings. The molecule has 0 bridgehead atoms. The van der Waals surface area contributed by atoms with Crippen LogP contribution in [0.15, 0.2) is 17.5 Å². The van der Waals surface area contributed by atoms with E-state index in [0.717, 1.165) is 0 Å². The van der Waals surface area contributed by atoms with E-state index in [0.29, 0.717) is 27.3 Å². The third-order valence-electron chi connectivity index (χ3n) is 2.48. The Hall–Kier alpha value is -1.99. The van der Waals surface area contributed by atoms with Gasteiger partial charge in [0.15, 0.2) is 5.13 Å². The van der Waals surface area contributed by atoms with Gasteiger partial charge in [-0.05, 0) is 0 Å². The van der Waals surface area contributed by atoms with Crippen LogP contribution in [-0.4, -0.2) is 25.1 Å². The van der Waals surface area contributed by atoms with Crippen LogP contribution in [0.5, 0.6) is 11.5 Å². The second kappa shape index (κ2) is 5.98. The first kappa shape index (κ1) is 14.4. The molecule has 1 aromatic heterocycles. The molecule has 0 saturated heterocycles. The lowest BCUT2D eigenvalue weighted by molar-refractivity contribution is 0.102. The molecule has 8 heteroatoms. The summed E-state index contributed by atoms with van der Waals surface area (Å²) in [5, 5.41) is 4.97. The molecule has 0 spiro atoms. The van der Waals surface area contributed by atoms with Crippen LogP contribution < -0.4 is 20.5 Å². The average molecular weight is 314 g/mol. The van der Waals surface area contributed by atoms with Gasteiger partial charge in [0.2, 0.25) is 0 Å². The number of halogens is 1. The van der Waals surface area contributed by atoms with Gasteiger partial charge in [-0.1, -0.05) is 11.6 Å². The maximum Gasteiger partial charge on any atom is 0.275 e. The zero-order valence-electron chi connectivity index (χ0n) is 10.8. The SMILES string of the molecule is COc1cc(NC(=O)c2csc(N)n2)c(OC)cc1Cl. The van der Waals surface area contributed by atoms with Crippen molar-refractivity contribution in [3.8, 4) is 11.5 Å². The van der Waals surface area contributed by atoms with Crippen molar-refractivity contribution in [3.63, 3.8) is 0 Å². The maximum absolute atomic E-state index is 12.0. The van der Waals surface area contributed by atoms with Crippen molar-refractivity contribution in [2.75, 3.05) is 25.3 Å². The quantitative estimate of drug-likeness (QED) is 0.906. The van der Waals surface area contributed by atoms with Crippen LogP contribution in [0.1, 0.15) is 10.5 Å². The number of hydrogen-bond acceptors (Lipinski definition) is 6. The van der Waals surface area contributed by atoms with Gasteiger partial charge in [-0.2, -0.15) is 0 Å². The summed E-state index contributed by atoms with van der Waals surface area (Å²) in [5.74, 6) is 0.466. The Morgan fingerprint density at radius 3 is 2.60 bits per heavy atom. The monoisotopic (exact) mass is 313 g/mol. The molecular weight excluding hydrogens is 302 g/mol. The summed E-state index contributed by atoms with van der Waals surface area (Å²) in [5.41, 5.74) is 6.17. The van der Waals surface area contributed by atoms with Crippen molar-refractivity contribution in [1.29, 1.82) is 0 Å². The number of carbonyl (C=O) groups is 1. The Balaban J connectivity index is 2.30. The van der Waals surface area contributed by atoms with E-state index in [1.54, 1.807) is 17.5 Å². The lowest BCUT2D eigenvalue weighted by Gasteiger charge is -2.12. The Morgan fingerprint density at radius 1 is 1.35 bits per heavy atom. The number of aromatic nitrogens is 1. The highest BCUT2D eigenvalue weighted by molar-refractivity contribution is 7.13. The third-order valence-corrected chi connectivity index (χ3v) is 3.45. The number of nitrogens with two attached hydrogens (primary N) is 1. The molecule has 3 N–H and O–H groups in total. The normalized spacial score (nSPS) is 10.2. The van der Waals surface area contributed by atoms with Crippen molar-refractivity contribution in [2.45, 2.75) is 0 Å². The van der Waals surface area contributed by atoms with Crippen LogP contribution in [-0.2, 0) is 0 Å². The highest BCUT2D eigenvalue weighted by atomic mass is 35.5. The standard InChI is InChI=1S/C12H12ClN3O3S/c1-18-9-4-7(10(19-2)3-6(9)13)15-11(17)8-5-20-12(14)16-8/h3-5H,1-2H3,(H2,14,16)(H,15,17). The predicted molar refractivity (Wildman–Crippen MR) is 79.0 cm³/mol. The lowest BCUT2D eigenvalue weighted by Crippen LogP contribution is -2.13. The fourth-order valence-electron chi connectivity index (χ4n) is 1.54. The number of benzene rings is 1. The highest BCUT2D eigenvalue weighted by Crippen LogP contribution is 2.36. The summed E-state index contributed by atoms with van der Waals surface area (Å²) in [6, 6.07) is 3.14. The van der Waals surface area contributed by atoms with Crippen LogP contribution in [0, 0.1) is 0 Å². The third kappa shape index (κ3) is 2.94. The molecule has 0 fully saturated rings. The molecule has 1 heterocycles. The fraction of sp³-hybridized carbons (Fsp3) is 0.167. The Morgan fingerprint density at radius 2 is 2.05 bits per heavy atom. The zero-order chi connectivity index (χ0) is 14.7. The topological polar surface area (TPSA) is 86.5 Å². The largest absolute Gasteiger partial charge is 0.495 e. The van der Waals surface area contributed by atoms with E-state index in [1.165, 1.54) is 25.6 Å². The van der Waals surface area contributed by atoms with E-state index < -0.39 is 0 Å². The summed E-state index contributed by atoms with van der Waals surface area (Å²) in [6.45, 7) is 0. The summed E-state index contributed by atoms with van der Waals surface area (Å²) < 4.78 is 10.3. The molecule has 2 aromatic rings. The van der Waals surface area contributed by atoms with E-state index in [2.05, 4.69) is 10.3 Å². The van der Waals surface area contributed by atoms with Crippen LogP contribution in [0.25, 0.3) is 0 Å². The number of hydrogen-bond donors (Lipinski definition) is 2. The van der Waals surface area contributed by atoms with Crippen LogP contribution in [0.3, 0.4) is 0 Å². The molecule has 0 aliphatic carbocycles. The van der Waals surface area contributed by atoms with Gasteiger partial charge in [0.1, 0.15) is 17.2 Å². The van der Waals surface area contributed by atoms with Gasteiger partial charge < -0.3 is 20.5 Å². The van der Waals surface area contributed by atoms with Crippen LogP contribution in [0.2, 0.25) is 5.02 Å². The summed E-state index contributed by atoms with van der Waals surface area (Å²) in [4.78, 5) is 15.9. The first-order chi connectivity index (χ1) is 9.55. The summed E-state index contributed by atoms with van der Waals surface area (Å²) in [7, 11) is 2.97. The molecule has 0 saturated carbocycles. The maximum atomic E-state index is 12.0. The second-order valence-electron chi connectivity index (χ2n) is 3.71. The minimum atomic E-state index is -0.388. The first-order valence-electron chi connectivity index (χ1n) is 5.49. The van der Waals surface area contributed by atoms with E-state index in [1.807, 2.05) is 0 Å². The first-order valence-corrected chi connectivity index (χ1v) is 6.74. The number of rotatable bonds is 4. The Labute approximate surface area is 124 Å². The van der Waals surface area contributed by atoms with E-state index in [4.69, 9.17) is 26.8 Å². The predicted octanol–water partition coefficient (Wildman–Crippen LogP) is 2.65. The van der Waals surface area contributed by atoms with Crippen molar-refractivity contribution in [1.82, 2.24) is 4.98 Å². The number of nitrogen functional groups attached to an aromatic ring is 1. The van der Waals surface area contributed by atoms with Gasteiger partial charge in [0.05, 0.1) is 24.9 Å². The number of ether oxygens (including phenoxy) is 2. The minimum Gasteiger partial charge on any atom is -0.495 e. The molecule has 106 valence electrons. The van der Waals surface area contributed by atoms with Gasteiger partial charge in [0, 0.05) is 17.5 Å². The molecule has 1 aromatic carbocycles. The molecule has 20 heavy (non-hydrogen) atoms. The van der Waals surface area contributed by atoms with Gasteiger partial charge >= 0.3 is 0 Å². The van der Waals surface area contributed by atoms with E-state index in [-0.39, 0.29) is 11.6 Å². The zero-order valence-corrected chi connectivity index (χ0v) is 12.3. The van der Waals surface area contributed by atoms with Crippen LogP contribution in [0.4, 0.5) is 10.8 Å². The second-order valence-corrected chi connectivity index (χ2v) is 5.01. The van der Waals surface area contributed by atoms with E-state index in [9.17, 15) is 4.79 Å². The molecule has 0 atom stereocenters. The molecule has 0 radical (unpaired) electrons. The number of anilines is 2. The van der Waals surface area contributed by atoms with Crippen molar-refractivity contribution < 1.29 is 14.3 Å². The Kier molecular flexibility index (Phi) is 4.31. The minimum absolute atomic E-state index is 0.239. The van der Waals surface area contributed by atoms with Crippen molar-refractivity contribution in [2.24, 2.45) is 0 Å². The smallest absolute Gasteiger partial charge is 0.275 e. The molecule has 0 aliphatic heterocycles. The fourth-order valence-corrected chi connectivity index (χ4v) is 2.31. The van der Waals surface area contributed by atoms with Gasteiger partial charge in [-0.3, -0.25) is 4.79 Å². The van der Waals surface area contributed by atoms with Gasteiger partial charge in [0.25, 0.3) is 5.91 Å². The number of nitrogens with zero attached hydrogens (tertiary/aromatic N) is 1. The summed E-state index contributed by atoms with van der Waals surface area (Å²) >= 11 is 7.18. The molecule has 0 unspecified atom stereocenters.